The van der Waals surface area contributed by atoms with Crippen LogP contribution in [0.3, 0.4) is 0 Å². The average molecular weight is 284 g/mol. The summed E-state index contributed by atoms with van der Waals surface area (Å²) in [5, 5.41) is 7.62. The summed E-state index contributed by atoms with van der Waals surface area (Å²) in [4.78, 5) is 11.9. The molecule has 0 bridgehead atoms. The molecule has 0 amide bonds. The van der Waals surface area contributed by atoms with Gasteiger partial charge < -0.3 is 19.9 Å². The number of hydrogen-bond donors (Lipinski definition) is 2. The highest BCUT2D eigenvalue weighted by Gasteiger charge is 2.15. The summed E-state index contributed by atoms with van der Waals surface area (Å²) in [5.41, 5.74) is 2.46. The second-order valence-corrected chi connectivity index (χ2v) is 4.81. The van der Waals surface area contributed by atoms with E-state index in [1.54, 1.807) is 20.4 Å². The second-order valence-electron chi connectivity index (χ2n) is 4.81. The van der Waals surface area contributed by atoms with Gasteiger partial charge in [0.1, 0.15) is 5.82 Å². The third-order valence-corrected chi connectivity index (χ3v) is 3.34. The molecule has 0 saturated carbocycles. The summed E-state index contributed by atoms with van der Waals surface area (Å²) in [6.07, 6.45) is 2.75. The van der Waals surface area contributed by atoms with Gasteiger partial charge in [0.2, 0.25) is 0 Å². The molecule has 3 rings (SSSR count). The van der Waals surface area contributed by atoms with Gasteiger partial charge in [-0.15, -0.1) is 0 Å². The summed E-state index contributed by atoms with van der Waals surface area (Å²) in [7, 11) is 3.23. The van der Waals surface area contributed by atoms with Crippen molar-refractivity contribution < 1.29 is 9.47 Å². The maximum Gasteiger partial charge on any atom is 0.173 e. The molecule has 0 fully saturated rings. The molecule has 2 heterocycles. The fourth-order valence-corrected chi connectivity index (χ4v) is 2.33. The highest BCUT2D eigenvalue weighted by atomic mass is 16.5. The first-order valence-electron chi connectivity index (χ1n) is 6.59. The standard InChI is InChI=1S/C15H16N4O2/c1-20-12-4-3-9(5-13(12)21-2)6-14-18-11-7-10(16)8-17-15(11)19-14/h3-5,8,16H,6-7H2,1-2H3,(H,18,19). The van der Waals surface area contributed by atoms with E-state index in [0.29, 0.717) is 35.9 Å². The first-order valence-corrected chi connectivity index (χ1v) is 6.59. The van der Waals surface area contributed by atoms with E-state index < -0.39 is 0 Å². The van der Waals surface area contributed by atoms with Gasteiger partial charge in [-0.1, -0.05) is 6.07 Å². The quantitative estimate of drug-likeness (QED) is 0.903. The fourth-order valence-electron chi connectivity index (χ4n) is 2.33. The number of hydrogen-bond acceptors (Lipinski definition) is 5. The molecule has 0 atom stereocenters. The molecule has 1 aliphatic rings. The Hall–Kier alpha value is -2.63. The van der Waals surface area contributed by atoms with E-state index in [9.17, 15) is 0 Å². The summed E-state index contributed by atoms with van der Waals surface area (Å²) in [5.74, 6) is 2.92. The number of ether oxygens (including phenoxy) is 2. The van der Waals surface area contributed by atoms with Crippen LogP contribution in [0.1, 0.15) is 17.1 Å². The molecule has 0 aliphatic carbocycles. The van der Waals surface area contributed by atoms with Gasteiger partial charge in [-0.25, -0.2) is 9.98 Å². The molecule has 2 aromatic rings. The molecule has 0 spiro atoms. The Morgan fingerprint density at radius 3 is 2.81 bits per heavy atom. The summed E-state index contributed by atoms with van der Waals surface area (Å²) in [6.45, 7) is 0. The number of imidazole rings is 1. The maximum atomic E-state index is 7.62. The Morgan fingerprint density at radius 1 is 1.24 bits per heavy atom. The number of aromatic amines is 1. The number of H-pyrrole nitrogens is 1. The van der Waals surface area contributed by atoms with Crippen molar-refractivity contribution in [3.63, 3.8) is 0 Å². The van der Waals surface area contributed by atoms with Crippen LogP contribution < -0.4 is 9.47 Å². The minimum absolute atomic E-state index is 0.490. The number of nitrogens with zero attached hydrogens (tertiary/aromatic N) is 2. The molecule has 108 valence electrons. The van der Waals surface area contributed by atoms with Crippen LogP contribution in [0, 0.1) is 5.41 Å². The number of nitrogens with one attached hydrogen (secondary N) is 2. The molecule has 6 heteroatoms. The fraction of sp³-hybridized carbons (Fsp3) is 0.267. The van der Waals surface area contributed by atoms with Gasteiger partial charge in [0.05, 0.1) is 31.8 Å². The highest BCUT2D eigenvalue weighted by molar-refractivity contribution is 6.31. The Balaban J connectivity index is 1.84. The molecule has 0 unspecified atom stereocenters. The first kappa shape index (κ1) is 13.4. The van der Waals surface area contributed by atoms with E-state index in [1.807, 2.05) is 18.2 Å². The minimum Gasteiger partial charge on any atom is -0.493 e. The molecule has 1 aromatic carbocycles. The van der Waals surface area contributed by atoms with Crippen LogP contribution in [0.5, 0.6) is 11.5 Å². The van der Waals surface area contributed by atoms with Gasteiger partial charge in [-0.05, 0) is 17.7 Å². The molecule has 1 aromatic heterocycles. The van der Waals surface area contributed by atoms with Crippen LogP contribution in [0.2, 0.25) is 0 Å². The maximum absolute atomic E-state index is 7.62. The van der Waals surface area contributed by atoms with Gasteiger partial charge in [0, 0.05) is 12.8 Å². The van der Waals surface area contributed by atoms with Crippen LogP contribution in [0.25, 0.3) is 0 Å². The van der Waals surface area contributed by atoms with Crippen molar-refractivity contribution in [3.8, 4) is 11.5 Å². The number of aliphatic imine (C=N–C) groups is 1. The largest absolute Gasteiger partial charge is 0.493 e. The predicted molar refractivity (Wildman–Crippen MR) is 80.5 cm³/mol. The molecule has 21 heavy (non-hydrogen) atoms. The monoisotopic (exact) mass is 284 g/mol. The number of methoxy groups -OCH3 is 2. The Kier molecular flexibility index (Phi) is 3.43. The Morgan fingerprint density at radius 2 is 2.05 bits per heavy atom. The minimum atomic E-state index is 0.490. The Bertz CT molecular complexity index is 718. The number of aromatic nitrogens is 2. The van der Waals surface area contributed by atoms with E-state index in [2.05, 4.69) is 15.0 Å². The van der Waals surface area contributed by atoms with Crippen molar-refractivity contribution in [1.29, 1.82) is 5.41 Å². The third kappa shape index (κ3) is 2.65. The van der Waals surface area contributed by atoms with Gasteiger partial charge >= 0.3 is 0 Å². The third-order valence-electron chi connectivity index (χ3n) is 3.34. The lowest BCUT2D eigenvalue weighted by molar-refractivity contribution is 0.354. The van der Waals surface area contributed by atoms with Crippen LogP contribution in [-0.2, 0) is 12.8 Å². The van der Waals surface area contributed by atoms with Crippen molar-refractivity contribution >= 4 is 17.7 Å². The number of fused-ring (bicyclic) bond motifs is 1. The van der Waals surface area contributed by atoms with Gasteiger partial charge in [0.25, 0.3) is 0 Å². The van der Waals surface area contributed by atoms with E-state index in [0.717, 1.165) is 17.1 Å². The molecule has 1 aliphatic heterocycles. The molecule has 2 N–H and O–H groups in total. The Labute approximate surface area is 122 Å². The van der Waals surface area contributed by atoms with Crippen LogP contribution in [0.15, 0.2) is 23.2 Å². The lowest BCUT2D eigenvalue weighted by Gasteiger charge is -2.08. The smallest absolute Gasteiger partial charge is 0.173 e. The zero-order chi connectivity index (χ0) is 14.8. The van der Waals surface area contributed by atoms with Crippen molar-refractivity contribution in [2.45, 2.75) is 12.8 Å². The van der Waals surface area contributed by atoms with Crippen molar-refractivity contribution in [3.05, 3.63) is 35.3 Å². The highest BCUT2D eigenvalue weighted by Crippen LogP contribution is 2.29. The zero-order valence-electron chi connectivity index (χ0n) is 11.9. The van der Waals surface area contributed by atoms with Gasteiger partial charge in [-0.2, -0.15) is 0 Å². The summed E-state index contributed by atoms with van der Waals surface area (Å²) in [6, 6.07) is 5.80. The molecule has 0 radical (unpaired) electrons. The number of benzene rings is 1. The number of rotatable bonds is 4. The topological polar surface area (TPSA) is 83.4 Å². The van der Waals surface area contributed by atoms with E-state index in [-0.39, 0.29) is 0 Å². The molecule has 6 nitrogen and oxygen atoms in total. The normalized spacial score (nSPS) is 13.1. The van der Waals surface area contributed by atoms with E-state index in [1.165, 1.54) is 0 Å². The summed E-state index contributed by atoms with van der Waals surface area (Å²) < 4.78 is 10.5. The predicted octanol–water partition coefficient (Wildman–Crippen LogP) is 2.30. The van der Waals surface area contributed by atoms with E-state index >= 15 is 0 Å². The molecular formula is C15H16N4O2. The SMILES string of the molecule is COc1ccc(Cc2nc3c([nH]2)CC(=N)C=N3)cc1OC. The first-order chi connectivity index (χ1) is 10.2. The van der Waals surface area contributed by atoms with Gasteiger partial charge in [0.15, 0.2) is 17.3 Å². The summed E-state index contributed by atoms with van der Waals surface area (Å²) >= 11 is 0. The lowest BCUT2D eigenvalue weighted by Crippen LogP contribution is -2.07. The second kappa shape index (κ2) is 5.40. The zero-order valence-corrected chi connectivity index (χ0v) is 11.9. The average Bonchev–Trinajstić information content (AvgIpc) is 2.88. The van der Waals surface area contributed by atoms with Crippen molar-refractivity contribution in [1.82, 2.24) is 9.97 Å². The van der Waals surface area contributed by atoms with Crippen LogP contribution >= 0.6 is 0 Å². The van der Waals surface area contributed by atoms with Crippen LogP contribution in [0.4, 0.5) is 5.82 Å². The molecule has 0 saturated heterocycles. The van der Waals surface area contributed by atoms with Crippen molar-refractivity contribution in [2.24, 2.45) is 4.99 Å². The molecular weight excluding hydrogens is 268 g/mol. The van der Waals surface area contributed by atoms with Gasteiger partial charge in [-0.3, -0.25) is 0 Å². The van der Waals surface area contributed by atoms with E-state index in [4.69, 9.17) is 14.9 Å². The lowest BCUT2D eigenvalue weighted by atomic mass is 10.1. The van der Waals surface area contributed by atoms with Crippen molar-refractivity contribution in [2.75, 3.05) is 14.2 Å². The van der Waals surface area contributed by atoms with Crippen LogP contribution in [-0.4, -0.2) is 36.1 Å².